The highest BCUT2D eigenvalue weighted by Gasteiger charge is 2.21. The van der Waals surface area contributed by atoms with Gasteiger partial charge in [0.2, 0.25) is 5.91 Å². The van der Waals surface area contributed by atoms with E-state index in [1.807, 2.05) is 26.0 Å². The molecule has 2 amide bonds. The van der Waals surface area contributed by atoms with E-state index < -0.39 is 0 Å². The summed E-state index contributed by atoms with van der Waals surface area (Å²) in [5, 5.41) is 6.14. The standard InChI is InChI=1S/C16H23N3O2/c1-3-17-12(2)11-18-16(21)13-6-8-14(9-7-13)19-10-4-5-15(19)20/h6-9,12,17H,3-5,10-11H2,1-2H3,(H,18,21)/t12-/m1/s1. The monoisotopic (exact) mass is 289 g/mol. The molecular weight excluding hydrogens is 266 g/mol. The summed E-state index contributed by atoms with van der Waals surface area (Å²) < 4.78 is 0. The number of carbonyl (C=O) groups excluding carboxylic acids is 2. The van der Waals surface area contributed by atoms with Gasteiger partial charge in [0.1, 0.15) is 0 Å². The maximum atomic E-state index is 12.0. The van der Waals surface area contributed by atoms with Crippen molar-refractivity contribution in [2.45, 2.75) is 32.7 Å². The molecule has 1 aromatic rings. The third-order valence-corrected chi connectivity index (χ3v) is 3.64. The highest BCUT2D eigenvalue weighted by atomic mass is 16.2. The van der Waals surface area contributed by atoms with Gasteiger partial charge in [-0.15, -0.1) is 0 Å². The number of nitrogens with one attached hydrogen (secondary N) is 2. The number of anilines is 1. The molecule has 1 aliphatic heterocycles. The summed E-state index contributed by atoms with van der Waals surface area (Å²) >= 11 is 0. The van der Waals surface area contributed by atoms with Crippen molar-refractivity contribution in [3.8, 4) is 0 Å². The third kappa shape index (κ3) is 4.04. The molecule has 0 aliphatic carbocycles. The predicted molar refractivity (Wildman–Crippen MR) is 83.5 cm³/mol. The van der Waals surface area contributed by atoms with Crippen LogP contribution in [0.3, 0.4) is 0 Å². The van der Waals surface area contributed by atoms with Crippen LogP contribution in [0.25, 0.3) is 0 Å². The Balaban J connectivity index is 1.92. The van der Waals surface area contributed by atoms with E-state index in [0.29, 0.717) is 18.5 Å². The predicted octanol–water partition coefficient (Wildman–Crippen LogP) is 1.54. The molecule has 1 atom stereocenters. The molecular formula is C16H23N3O2. The van der Waals surface area contributed by atoms with E-state index in [1.54, 1.807) is 17.0 Å². The van der Waals surface area contributed by atoms with Crippen molar-refractivity contribution in [1.82, 2.24) is 10.6 Å². The molecule has 0 bridgehead atoms. The van der Waals surface area contributed by atoms with Gasteiger partial charge in [0, 0.05) is 36.8 Å². The molecule has 0 saturated carbocycles. The summed E-state index contributed by atoms with van der Waals surface area (Å²) in [4.78, 5) is 25.5. The Hall–Kier alpha value is -1.88. The second-order valence-corrected chi connectivity index (χ2v) is 5.36. The number of hydrogen-bond acceptors (Lipinski definition) is 3. The average Bonchev–Trinajstić information content (AvgIpc) is 2.91. The molecule has 114 valence electrons. The van der Waals surface area contributed by atoms with Gasteiger partial charge in [-0.25, -0.2) is 0 Å². The lowest BCUT2D eigenvalue weighted by Gasteiger charge is -2.16. The first-order chi connectivity index (χ1) is 10.1. The minimum Gasteiger partial charge on any atom is -0.350 e. The molecule has 0 radical (unpaired) electrons. The summed E-state index contributed by atoms with van der Waals surface area (Å²) in [7, 11) is 0. The zero-order valence-electron chi connectivity index (χ0n) is 12.7. The van der Waals surface area contributed by atoms with Gasteiger partial charge in [-0.2, -0.15) is 0 Å². The number of rotatable bonds is 6. The molecule has 5 nitrogen and oxygen atoms in total. The molecule has 1 saturated heterocycles. The van der Waals surface area contributed by atoms with Crippen LogP contribution in [0.15, 0.2) is 24.3 Å². The molecule has 2 rings (SSSR count). The number of nitrogens with zero attached hydrogens (tertiary/aromatic N) is 1. The summed E-state index contributed by atoms with van der Waals surface area (Å²) in [6.45, 7) is 6.32. The molecule has 21 heavy (non-hydrogen) atoms. The topological polar surface area (TPSA) is 61.4 Å². The fourth-order valence-electron chi connectivity index (χ4n) is 2.48. The van der Waals surface area contributed by atoms with Crippen molar-refractivity contribution in [2.24, 2.45) is 0 Å². The van der Waals surface area contributed by atoms with E-state index in [9.17, 15) is 9.59 Å². The SMILES string of the molecule is CCN[C@H](C)CNC(=O)c1ccc(N2CCCC2=O)cc1. The molecule has 0 spiro atoms. The van der Waals surface area contributed by atoms with Gasteiger partial charge in [0.05, 0.1) is 0 Å². The summed E-state index contributed by atoms with van der Waals surface area (Å²) in [6.07, 6.45) is 1.52. The Morgan fingerprint density at radius 1 is 1.33 bits per heavy atom. The summed E-state index contributed by atoms with van der Waals surface area (Å²) in [6, 6.07) is 7.47. The van der Waals surface area contributed by atoms with Crippen LogP contribution in [-0.4, -0.2) is 37.5 Å². The van der Waals surface area contributed by atoms with Gasteiger partial charge in [-0.3, -0.25) is 9.59 Å². The van der Waals surface area contributed by atoms with Crippen molar-refractivity contribution >= 4 is 17.5 Å². The Kier molecular flexibility index (Phi) is 5.33. The van der Waals surface area contributed by atoms with Gasteiger partial charge in [-0.05, 0) is 44.2 Å². The molecule has 5 heteroatoms. The molecule has 1 aromatic carbocycles. The molecule has 1 heterocycles. The van der Waals surface area contributed by atoms with Gasteiger partial charge < -0.3 is 15.5 Å². The van der Waals surface area contributed by atoms with Crippen molar-refractivity contribution in [3.05, 3.63) is 29.8 Å². The number of amides is 2. The van der Waals surface area contributed by atoms with Crippen molar-refractivity contribution in [2.75, 3.05) is 24.5 Å². The molecule has 1 fully saturated rings. The van der Waals surface area contributed by atoms with Gasteiger partial charge in [0.15, 0.2) is 0 Å². The van der Waals surface area contributed by atoms with E-state index >= 15 is 0 Å². The van der Waals surface area contributed by atoms with Crippen LogP contribution in [0.4, 0.5) is 5.69 Å². The van der Waals surface area contributed by atoms with E-state index in [4.69, 9.17) is 0 Å². The molecule has 0 unspecified atom stereocenters. The number of carbonyl (C=O) groups is 2. The largest absolute Gasteiger partial charge is 0.350 e. The van der Waals surface area contributed by atoms with Crippen LogP contribution in [0.1, 0.15) is 37.0 Å². The lowest BCUT2D eigenvalue weighted by molar-refractivity contribution is -0.117. The average molecular weight is 289 g/mol. The lowest BCUT2D eigenvalue weighted by Crippen LogP contribution is -2.38. The molecule has 0 aromatic heterocycles. The second kappa shape index (κ2) is 7.22. The van der Waals surface area contributed by atoms with Crippen molar-refractivity contribution in [1.29, 1.82) is 0 Å². The van der Waals surface area contributed by atoms with E-state index in [0.717, 1.165) is 25.2 Å². The van der Waals surface area contributed by atoms with Gasteiger partial charge >= 0.3 is 0 Å². The third-order valence-electron chi connectivity index (χ3n) is 3.64. The number of benzene rings is 1. The Morgan fingerprint density at radius 3 is 2.62 bits per heavy atom. The minimum atomic E-state index is -0.0842. The summed E-state index contributed by atoms with van der Waals surface area (Å²) in [5.41, 5.74) is 1.49. The van der Waals surface area contributed by atoms with E-state index in [2.05, 4.69) is 10.6 Å². The highest BCUT2D eigenvalue weighted by Crippen LogP contribution is 2.21. The van der Waals surface area contributed by atoms with Crippen LogP contribution < -0.4 is 15.5 Å². The van der Waals surface area contributed by atoms with Crippen molar-refractivity contribution in [3.63, 3.8) is 0 Å². The Bertz CT molecular complexity index is 499. The minimum absolute atomic E-state index is 0.0842. The van der Waals surface area contributed by atoms with Crippen LogP contribution >= 0.6 is 0 Å². The first kappa shape index (κ1) is 15.5. The molecule has 1 aliphatic rings. The van der Waals surface area contributed by atoms with Gasteiger partial charge in [-0.1, -0.05) is 6.92 Å². The zero-order chi connectivity index (χ0) is 15.2. The quantitative estimate of drug-likeness (QED) is 0.835. The Morgan fingerprint density at radius 2 is 2.05 bits per heavy atom. The number of hydrogen-bond donors (Lipinski definition) is 2. The van der Waals surface area contributed by atoms with E-state index in [-0.39, 0.29) is 17.9 Å². The van der Waals surface area contributed by atoms with Gasteiger partial charge in [0.25, 0.3) is 5.91 Å². The summed E-state index contributed by atoms with van der Waals surface area (Å²) in [5.74, 6) is 0.0747. The molecule has 2 N–H and O–H groups in total. The lowest BCUT2D eigenvalue weighted by atomic mass is 10.2. The first-order valence-electron chi connectivity index (χ1n) is 7.54. The van der Waals surface area contributed by atoms with Crippen molar-refractivity contribution < 1.29 is 9.59 Å². The van der Waals surface area contributed by atoms with E-state index in [1.165, 1.54) is 0 Å². The maximum Gasteiger partial charge on any atom is 0.251 e. The Labute approximate surface area is 125 Å². The second-order valence-electron chi connectivity index (χ2n) is 5.36. The smallest absolute Gasteiger partial charge is 0.251 e. The fourth-order valence-corrected chi connectivity index (χ4v) is 2.48. The normalized spacial score (nSPS) is 16.1. The van der Waals surface area contributed by atoms with Crippen LogP contribution in [0.2, 0.25) is 0 Å². The highest BCUT2D eigenvalue weighted by molar-refractivity contribution is 5.97. The van der Waals surface area contributed by atoms with Crippen LogP contribution in [0, 0.1) is 0 Å². The maximum absolute atomic E-state index is 12.0. The fraction of sp³-hybridized carbons (Fsp3) is 0.500. The zero-order valence-corrected chi connectivity index (χ0v) is 12.7. The van der Waals surface area contributed by atoms with Crippen LogP contribution in [0.5, 0.6) is 0 Å². The number of likely N-dealkylation sites (N-methyl/N-ethyl adjacent to an activating group) is 1. The first-order valence-corrected chi connectivity index (χ1v) is 7.54. The van der Waals surface area contributed by atoms with Crippen LogP contribution in [-0.2, 0) is 4.79 Å².